The molecule has 0 saturated carbocycles. The molecule has 0 aliphatic rings. The van der Waals surface area contributed by atoms with E-state index in [-0.39, 0.29) is 12.0 Å². The van der Waals surface area contributed by atoms with E-state index in [2.05, 4.69) is 11.4 Å². The van der Waals surface area contributed by atoms with Crippen molar-refractivity contribution in [1.82, 2.24) is 5.32 Å². The van der Waals surface area contributed by atoms with Crippen LogP contribution in [0.3, 0.4) is 0 Å². The number of carbonyl (C=O) groups is 1. The predicted octanol–water partition coefficient (Wildman–Crippen LogP) is 3.77. The zero-order chi connectivity index (χ0) is 19.1. The molecule has 0 radical (unpaired) electrons. The van der Waals surface area contributed by atoms with Crippen molar-refractivity contribution in [2.75, 3.05) is 20.8 Å². The van der Waals surface area contributed by atoms with Gasteiger partial charge in [-0.1, -0.05) is 17.7 Å². The van der Waals surface area contributed by atoms with Gasteiger partial charge in [0.05, 0.1) is 20.3 Å². The van der Waals surface area contributed by atoms with Gasteiger partial charge in [0.25, 0.3) is 5.91 Å². The molecule has 0 aromatic heterocycles. The second-order valence-corrected chi connectivity index (χ2v) is 6.35. The van der Waals surface area contributed by atoms with Crippen molar-refractivity contribution in [2.24, 2.45) is 0 Å². The number of rotatable bonds is 8. The van der Waals surface area contributed by atoms with Gasteiger partial charge in [-0.15, -0.1) is 0 Å². The molecular formula is C21H27NO4. The third-order valence-electron chi connectivity index (χ3n) is 3.90. The molecule has 0 bridgehead atoms. The number of nitrogens with one attached hydrogen (secondary N) is 1. The maximum Gasteiger partial charge on any atom is 0.251 e. The minimum absolute atomic E-state index is 0.0351. The van der Waals surface area contributed by atoms with Crippen LogP contribution in [-0.2, 0) is 6.42 Å². The lowest BCUT2D eigenvalue weighted by Gasteiger charge is -2.14. The number of hydrogen-bond donors (Lipinski definition) is 1. The van der Waals surface area contributed by atoms with Gasteiger partial charge in [-0.25, -0.2) is 0 Å². The summed E-state index contributed by atoms with van der Waals surface area (Å²) in [5, 5.41) is 2.94. The van der Waals surface area contributed by atoms with Crippen LogP contribution in [0.15, 0.2) is 36.4 Å². The second kappa shape index (κ2) is 9.13. The molecule has 0 fully saturated rings. The van der Waals surface area contributed by atoms with Crippen molar-refractivity contribution in [2.45, 2.75) is 33.3 Å². The Balaban J connectivity index is 2.01. The number of amides is 1. The van der Waals surface area contributed by atoms with Gasteiger partial charge in [0.1, 0.15) is 5.75 Å². The van der Waals surface area contributed by atoms with E-state index in [0.29, 0.717) is 30.0 Å². The van der Waals surface area contributed by atoms with Crippen LogP contribution in [0.25, 0.3) is 0 Å². The van der Waals surface area contributed by atoms with Crippen LogP contribution in [-0.4, -0.2) is 32.8 Å². The lowest BCUT2D eigenvalue weighted by atomic mass is 10.1. The van der Waals surface area contributed by atoms with Gasteiger partial charge >= 0.3 is 0 Å². The maximum atomic E-state index is 12.4. The Morgan fingerprint density at radius 3 is 2.35 bits per heavy atom. The fraction of sp³-hybridized carbons (Fsp3) is 0.381. The summed E-state index contributed by atoms with van der Waals surface area (Å²) >= 11 is 0. The molecule has 0 aliphatic heterocycles. The van der Waals surface area contributed by atoms with Crippen LogP contribution in [0.1, 0.15) is 35.3 Å². The molecule has 1 N–H and O–H groups in total. The second-order valence-electron chi connectivity index (χ2n) is 6.35. The summed E-state index contributed by atoms with van der Waals surface area (Å²) in [5.74, 6) is 1.86. The Hall–Kier alpha value is -2.69. The van der Waals surface area contributed by atoms with Gasteiger partial charge < -0.3 is 19.5 Å². The number of aryl methyl sites for hydroxylation is 1. The minimum Gasteiger partial charge on any atom is -0.496 e. The molecule has 2 aromatic rings. The van der Waals surface area contributed by atoms with Crippen LogP contribution in [0.4, 0.5) is 0 Å². The van der Waals surface area contributed by atoms with Crippen LogP contribution < -0.4 is 19.5 Å². The van der Waals surface area contributed by atoms with Crippen LogP contribution in [0, 0.1) is 6.92 Å². The van der Waals surface area contributed by atoms with Gasteiger partial charge in [-0.3, -0.25) is 4.79 Å². The molecule has 0 unspecified atom stereocenters. The van der Waals surface area contributed by atoms with Crippen molar-refractivity contribution in [3.8, 4) is 17.2 Å². The molecule has 1 amide bonds. The first-order valence-corrected chi connectivity index (χ1v) is 8.71. The van der Waals surface area contributed by atoms with E-state index >= 15 is 0 Å². The third kappa shape index (κ3) is 5.15. The van der Waals surface area contributed by atoms with E-state index in [9.17, 15) is 4.79 Å². The number of hydrogen-bond acceptors (Lipinski definition) is 4. The summed E-state index contributed by atoms with van der Waals surface area (Å²) in [4.78, 5) is 12.4. The average molecular weight is 357 g/mol. The van der Waals surface area contributed by atoms with Gasteiger partial charge in [-0.2, -0.15) is 0 Å². The molecular weight excluding hydrogens is 330 g/mol. The molecule has 2 rings (SSSR count). The lowest BCUT2D eigenvalue weighted by Crippen LogP contribution is -2.25. The van der Waals surface area contributed by atoms with Crippen molar-refractivity contribution in [1.29, 1.82) is 0 Å². The number of methoxy groups -OCH3 is 2. The highest BCUT2D eigenvalue weighted by Gasteiger charge is 2.12. The number of ether oxygens (including phenoxy) is 3. The van der Waals surface area contributed by atoms with Gasteiger partial charge in [0.15, 0.2) is 11.5 Å². The van der Waals surface area contributed by atoms with Crippen LogP contribution in [0.2, 0.25) is 0 Å². The Labute approximate surface area is 155 Å². The van der Waals surface area contributed by atoms with Crippen molar-refractivity contribution in [3.05, 3.63) is 53.1 Å². The first-order valence-electron chi connectivity index (χ1n) is 8.71. The summed E-state index contributed by atoms with van der Waals surface area (Å²) in [6.07, 6.45) is 0.732. The van der Waals surface area contributed by atoms with E-state index in [1.54, 1.807) is 32.4 Å². The van der Waals surface area contributed by atoms with Crippen molar-refractivity contribution in [3.63, 3.8) is 0 Å². The van der Waals surface area contributed by atoms with E-state index in [1.807, 2.05) is 32.9 Å². The Kier molecular flexibility index (Phi) is 6.89. The topological polar surface area (TPSA) is 56.8 Å². The molecule has 0 atom stereocenters. The van der Waals surface area contributed by atoms with Crippen LogP contribution in [0.5, 0.6) is 17.2 Å². The van der Waals surface area contributed by atoms with E-state index < -0.39 is 0 Å². The zero-order valence-electron chi connectivity index (χ0n) is 16.1. The SMILES string of the molecule is COc1ccc(C)cc1CCNC(=O)c1ccc(OC(C)C)c(OC)c1. The fourth-order valence-electron chi connectivity index (χ4n) is 2.68. The monoisotopic (exact) mass is 357 g/mol. The van der Waals surface area contributed by atoms with Crippen LogP contribution >= 0.6 is 0 Å². The highest BCUT2D eigenvalue weighted by molar-refractivity contribution is 5.94. The highest BCUT2D eigenvalue weighted by Crippen LogP contribution is 2.29. The molecule has 5 nitrogen and oxygen atoms in total. The molecule has 0 heterocycles. The van der Waals surface area contributed by atoms with Crippen molar-refractivity contribution >= 4 is 5.91 Å². The van der Waals surface area contributed by atoms with Crippen molar-refractivity contribution < 1.29 is 19.0 Å². The van der Waals surface area contributed by atoms with E-state index in [0.717, 1.165) is 16.9 Å². The smallest absolute Gasteiger partial charge is 0.251 e. The largest absolute Gasteiger partial charge is 0.496 e. The molecule has 140 valence electrons. The van der Waals surface area contributed by atoms with E-state index in [4.69, 9.17) is 14.2 Å². The Morgan fingerprint density at radius 1 is 1.00 bits per heavy atom. The summed E-state index contributed by atoms with van der Waals surface area (Å²) in [6.45, 7) is 6.44. The fourth-order valence-corrected chi connectivity index (χ4v) is 2.68. The minimum atomic E-state index is -0.147. The quantitative estimate of drug-likeness (QED) is 0.781. The molecule has 5 heteroatoms. The normalized spacial score (nSPS) is 10.5. The molecule has 26 heavy (non-hydrogen) atoms. The standard InChI is InChI=1S/C21H27NO4/c1-14(2)26-19-9-7-17(13-20(19)25-5)21(23)22-11-10-16-12-15(3)6-8-18(16)24-4/h6-9,12-14H,10-11H2,1-5H3,(H,22,23). The average Bonchev–Trinajstić information content (AvgIpc) is 2.61. The highest BCUT2D eigenvalue weighted by atomic mass is 16.5. The Morgan fingerprint density at radius 2 is 1.69 bits per heavy atom. The van der Waals surface area contributed by atoms with E-state index in [1.165, 1.54) is 0 Å². The molecule has 2 aromatic carbocycles. The Bertz CT molecular complexity index is 756. The van der Waals surface area contributed by atoms with Gasteiger partial charge in [0.2, 0.25) is 0 Å². The molecule has 0 saturated heterocycles. The number of benzene rings is 2. The predicted molar refractivity (Wildman–Crippen MR) is 103 cm³/mol. The summed E-state index contributed by atoms with van der Waals surface area (Å²) in [7, 11) is 3.22. The summed E-state index contributed by atoms with van der Waals surface area (Å²) in [5.41, 5.74) is 2.78. The van der Waals surface area contributed by atoms with Gasteiger partial charge in [-0.05, 0) is 57.0 Å². The first-order chi connectivity index (χ1) is 12.4. The maximum absolute atomic E-state index is 12.4. The first kappa shape index (κ1) is 19.6. The summed E-state index contributed by atoms with van der Waals surface area (Å²) < 4.78 is 16.4. The number of carbonyl (C=O) groups excluding carboxylic acids is 1. The lowest BCUT2D eigenvalue weighted by molar-refractivity contribution is 0.0953. The van der Waals surface area contributed by atoms with Gasteiger partial charge in [0, 0.05) is 12.1 Å². The zero-order valence-corrected chi connectivity index (χ0v) is 16.1. The third-order valence-corrected chi connectivity index (χ3v) is 3.90. The molecule has 0 spiro atoms. The summed E-state index contributed by atoms with van der Waals surface area (Å²) in [6, 6.07) is 11.2. The molecule has 0 aliphatic carbocycles.